The van der Waals surface area contributed by atoms with Gasteiger partial charge in [0.15, 0.2) is 5.41 Å². The van der Waals surface area contributed by atoms with Crippen LogP contribution in [0.25, 0.3) is 0 Å². The first-order valence-corrected chi connectivity index (χ1v) is 12.0. The van der Waals surface area contributed by atoms with Crippen LogP contribution in [0.5, 0.6) is 0 Å². The molecule has 0 heterocycles. The Morgan fingerprint density at radius 1 is 0.552 bits per heavy atom. The van der Waals surface area contributed by atoms with Gasteiger partial charge in [-0.15, -0.1) is 0 Å². The van der Waals surface area contributed by atoms with E-state index in [-0.39, 0.29) is 33.1 Å². The average molecular weight is 407 g/mol. The number of rotatable bonds is 21. The van der Waals surface area contributed by atoms with Crippen molar-refractivity contribution in [3.63, 3.8) is 0 Å². The quantitative estimate of drug-likeness (QED) is 0.164. The zero-order valence-electron chi connectivity index (χ0n) is 20.6. The summed E-state index contributed by atoms with van der Waals surface area (Å²) >= 11 is 0. The van der Waals surface area contributed by atoms with E-state index in [4.69, 9.17) is 0 Å². The van der Waals surface area contributed by atoms with Crippen molar-refractivity contribution in [2.75, 3.05) is 0 Å². The molecule has 0 fully saturated rings. The molecule has 0 unspecified atom stereocenters. The second kappa shape index (κ2) is 20.8. The maximum atomic E-state index is 11.8. The zero-order valence-corrected chi connectivity index (χ0v) is 19.6. The normalized spacial score (nSPS) is 11.2. The molecule has 0 spiro atoms. The summed E-state index contributed by atoms with van der Waals surface area (Å²) < 4.78 is 0. The van der Waals surface area contributed by atoms with Gasteiger partial charge in [-0.05, 0) is 12.8 Å². The predicted octanol–water partition coefficient (Wildman–Crippen LogP) is 4.71. The van der Waals surface area contributed by atoms with Crippen LogP contribution in [0, 0.1) is 5.41 Å². The molecule has 0 rings (SSSR count). The Balaban J connectivity index is -0.00000364. The third-order valence-corrected chi connectivity index (χ3v) is 5.98. The van der Waals surface area contributed by atoms with Crippen molar-refractivity contribution in [1.29, 1.82) is 0 Å². The van der Waals surface area contributed by atoms with Gasteiger partial charge in [0.25, 0.3) is 0 Å². The standard InChI is InChI=1S/C24H46O4.Li.H/c1-3-5-7-9-11-12-13-15-17-19-21-24(22(25)26,23(27)28)20-18-16-14-10-8-6-4-2;;/h3-21H2,1-2H3,(H,25,26)(H,27,28);;/q;+1;-1. The van der Waals surface area contributed by atoms with Crippen LogP contribution in [0.2, 0.25) is 0 Å². The molecular formula is C24H47LiO4. The molecule has 0 aromatic carbocycles. The van der Waals surface area contributed by atoms with Crippen LogP contribution >= 0.6 is 0 Å². The minimum absolute atomic E-state index is 0. The van der Waals surface area contributed by atoms with Crippen molar-refractivity contribution in [2.45, 2.75) is 136 Å². The van der Waals surface area contributed by atoms with E-state index in [0.717, 1.165) is 25.7 Å². The minimum Gasteiger partial charge on any atom is -1.00 e. The molecule has 0 radical (unpaired) electrons. The Labute approximate surface area is 193 Å². The van der Waals surface area contributed by atoms with Gasteiger partial charge < -0.3 is 11.6 Å². The fourth-order valence-corrected chi connectivity index (χ4v) is 3.94. The van der Waals surface area contributed by atoms with Crippen molar-refractivity contribution < 1.29 is 40.1 Å². The van der Waals surface area contributed by atoms with Crippen LogP contribution in [0.15, 0.2) is 0 Å². The van der Waals surface area contributed by atoms with Gasteiger partial charge in [-0.2, -0.15) is 0 Å². The summed E-state index contributed by atoms with van der Waals surface area (Å²) in [6.45, 7) is 4.41. The molecular weight excluding hydrogens is 359 g/mol. The summed E-state index contributed by atoms with van der Waals surface area (Å²) in [6.07, 6.45) is 19.7. The van der Waals surface area contributed by atoms with Gasteiger partial charge in [0.1, 0.15) is 0 Å². The SMILES string of the molecule is CCCCCCCCCCCCC(CCCCCCCCC)(C(=O)O)C(=O)O.[H-].[Li+]. The Kier molecular flexibility index (Phi) is 22.0. The number of unbranched alkanes of at least 4 members (excludes halogenated alkanes) is 15. The van der Waals surface area contributed by atoms with E-state index < -0.39 is 17.4 Å². The monoisotopic (exact) mass is 406 g/mol. The summed E-state index contributed by atoms with van der Waals surface area (Å²) in [7, 11) is 0. The van der Waals surface area contributed by atoms with Crippen molar-refractivity contribution in [3.8, 4) is 0 Å². The minimum atomic E-state index is -1.58. The van der Waals surface area contributed by atoms with Crippen LogP contribution in [0.1, 0.15) is 137 Å². The zero-order chi connectivity index (χ0) is 21.1. The molecule has 0 aliphatic rings. The largest absolute Gasteiger partial charge is 1.00 e. The van der Waals surface area contributed by atoms with E-state index in [0.29, 0.717) is 12.8 Å². The van der Waals surface area contributed by atoms with Crippen LogP contribution in [-0.2, 0) is 9.59 Å². The summed E-state index contributed by atoms with van der Waals surface area (Å²) in [4.78, 5) is 23.6. The molecule has 168 valence electrons. The van der Waals surface area contributed by atoms with Gasteiger partial charge in [0.2, 0.25) is 0 Å². The number of hydrogen-bond acceptors (Lipinski definition) is 2. The molecule has 0 aromatic rings. The number of carbonyl (C=O) groups is 2. The molecule has 0 saturated carbocycles. The van der Waals surface area contributed by atoms with Crippen LogP contribution < -0.4 is 18.9 Å². The van der Waals surface area contributed by atoms with E-state index in [1.165, 1.54) is 70.6 Å². The van der Waals surface area contributed by atoms with Crippen molar-refractivity contribution in [3.05, 3.63) is 0 Å². The topological polar surface area (TPSA) is 74.6 Å². The summed E-state index contributed by atoms with van der Waals surface area (Å²) in [6, 6.07) is 0. The molecule has 0 aliphatic carbocycles. The molecule has 0 aromatic heterocycles. The van der Waals surface area contributed by atoms with Gasteiger partial charge in [0.05, 0.1) is 0 Å². The summed E-state index contributed by atoms with van der Waals surface area (Å²) in [5, 5.41) is 19.3. The van der Waals surface area contributed by atoms with Crippen molar-refractivity contribution in [2.24, 2.45) is 5.41 Å². The van der Waals surface area contributed by atoms with Crippen molar-refractivity contribution in [1.82, 2.24) is 0 Å². The van der Waals surface area contributed by atoms with E-state index in [2.05, 4.69) is 13.8 Å². The molecule has 0 amide bonds. The van der Waals surface area contributed by atoms with E-state index >= 15 is 0 Å². The first-order valence-electron chi connectivity index (χ1n) is 12.0. The smallest absolute Gasteiger partial charge is 1.00 e. The molecule has 0 aliphatic heterocycles. The van der Waals surface area contributed by atoms with Gasteiger partial charge in [0, 0.05) is 0 Å². The maximum absolute atomic E-state index is 11.8. The molecule has 0 saturated heterocycles. The van der Waals surface area contributed by atoms with E-state index in [1.54, 1.807) is 0 Å². The van der Waals surface area contributed by atoms with E-state index in [9.17, 15) is 19.8 Å². The number of carboxylic acid groups (broad SMARTS) is 2. The Hall–Kier alpha value is -0.463. The van der Waals surface area contributed by atoms with Crippen LogP contribution in [-0.4, -0.2) is 22.2 Å². The van der Waals surface area contributed by atoms with Gasteiger partial charge in [-0.1, -0.05) is 123 Å². The second-order valence-corrected chi connectivity index (χ2v) is 8.50. The predicted molar refractivity (Wildman–Crippen MR) is 118 cm³/mol. The first-order chi connectivity index (χ1) is 13.5. The summed E-state index contributed by atoms with van der Waals surface area (Å²) in [5.74, 6) is -2.30. The van der Waals surface area contributed by atoms with Crippen molar-refractivity contribution >= 4 is 11.9 Å². The molecule has 0 bridgehead atoms. The third kappa shape index (κ3) is 15.1. The van der Waals surface area contributed by atoms with Gasteiger partial charge in [-0.3, -0.25) is 9.59 Å². The average Bonchev–Trinajstić information content (AvgIpc) is 2.66. The Bertz CT molecular complexity index is 391. The maximum Gasteiger partial charge on any atom is 1.00 e. The van der Waals surface area contributed by atoms with Gasteiger partial charge in [-0.25, -0.2) is 0 Å². The molecule has 0 atom stereocenters. The third-order valence-electron chi connectivity index (χ3n) is 5.98. The van der Waals surface area contributed by atoms with Crippen LogP contribution in [0.3, 0.4) is 0 Å². The number of carboxylic acids is 2. The van der Waals surface area contributed by atoms with E-state index in [1.807, 2.05) is 0 Å². The Morgan fingerprint density at radius 2 is 0.793 bits per heavy atom. The summed E-state index contributed by atoms with van der Waals surface area (Å²) in [5.41, 5.74) is -1.58. The molecule has 4 nitrogen and oxygen atoms in total. The fourth-order valence-electron chi connectivity index (χ4n) is 3.94. The Morgan fingerprint density at radius 3 is 1.03 bits per heavy atom. The molecule has 5 heteroatoms. The first kappa shape index (κ1) is 30.7. The van der Waals surface area contributed by atoms with Crippen LogP contribution in [0.4, 0.5) is 0 Å². The fraction of sp³-hybridized carbons (Fsp3) is 0.917. The molecule has 29 heavy (non-hydrogen) atoms. The number of hydrogen-bond donors (Lipinski definition) is 2. The number of aliphatic carboxylic acids is 2. The second-order valence-electron chi connectivity index (χ2n) is 8.50. The van der Waals surface area contributed by atoms with Gasteiger partial charge >= 0.3 is 30.8 Å². The molecule has 2 N–H and O–H groups in total.